The van der Waals surface area contributed by atoms with E-state index in [1.807, 2.05) is 32.0 Å². The van der Waals surface area contributed by atoms with Crippen molar-refractivity contribution >= 4 is 38.6 Å². The number of aromatic nitrogens is 2. The summed E-state index contributed by atoms with van der Waals surface area (Å²) in [5.74, 6) is 1.43. The lowest BCUT2D eigenvalue weighted by Gasteiger charge is -2.33. The molecule has 5 rings (SSSR count). The third-order valence-corrected chi connectivity index (χ3v) is 7.87. The maximum absolute atomic E-state index is 10.8. The smallest absolute Gasteiger partial charge is 0.141 e. The second-order valence-electron chi connectivity index (χ2n) is 10.1. The van der Waals surface area contributed by atoms with Gasteiger partial charge in [0.15, 0.2) is 0 Å². The van der Waals surface area contributed by atoms with Crippen LogP contribution in [0.2, 0.25) is 5.02 Å². The molecular formula is C26H31BrClN3O. The minimum absolute atomic E-state index is 0.355. The zero-order valence-corrected chi connectivity index (χ0v) is 21.1. The van der Waals surface area contributed by atoms with Crippen LogP contribution in [0, 0.1) is 5.92 Å². The van der Waals surface area contributed by atoms with E-state index in [9.17, 15) is 5.11 Å². The van der Waals surface area contributed by atoms with E-state index >= 15 is 0 Å². The van der Waals surface area contributed by atoms with E-state index in [0.29, 0.717) is 23.0 Å². The van der Waals surface area contributed by atoms with Crippen molar-refractivity contribution in [1.29, 1.82) is 0 Å². The molecule has 3 aromatic rings. The van der Waals surface area contributed by atoms with Crippen LogP contribution in [0.5, 0.6) is 0 Å². The molecule has 1 aromatic heterocycles. The molecule has 4 nitrogen and oxygen atoms in total. The molecule has 1 heterocycles. The molecular weight excluding hydrogens is 486 g/mol. The van der Waals surface area contributed by atoms with Gasteiger partial charge in [-0.3, -0.25) is 0 Å². The van der Waals surface area contributed by atoms with E-state index in [0.717, 1.165) is 49.1 Å². The van der Waals surface area contributed by atoms with Gasteiger partial charge >= 0.3 is 0 Å². The summed E-state index contributed by atoms with van der Waals surface area (Å²) < 4.78 is 3.45. The highest BCUT2D eigenvalue weighted by Crippen LogP contribution is 2.37. The molecule has 2 aliphatic rings. The van der Waals surface area contributed by atoms with Crippen molar-refractivity contribution in [3.05, 3.63) is 62.8 Å². The Morgan fingerprint density at radius 1 is 1.09 bits per heavy atom. The minimum atomic E-state index is -0.993. The van der Waals surface area contributed by atoms with E-state index < -0.39 is 5.60 Å². The lowest BCUT2D eigenvalue weighted by atomic mass is 9.90. The molecule has 2 aliphatic carbocycles. The molecule has 0 radical (unpaired) electrons. The van der Waals surface area contributed by atoms with Crippen LogP contribution in [0.4, 0.5) is 0 Å². The molecule has 0 aliphatic heterocycles. The topological polar surface area (TPSA) is 50.1 Å². The number of rotatable bonds is 5. The summed E-state index contributed by atoms with van der Waals surface area (Å²) in [5.41, 5.74) is 3.95. The Hall–Kier alpha value is -1.40. The Bertz CT molecular complexity index is 1130. The van der Waals surface area contributed by atoms with Crippen LogP contribution in [0.25, 0.3) is 11.0 Å². The van der Waals surface area contributed by atoms with Gasteiger partial charge in [0, 0.05) is 21.6 Å². The second-order valence-corrected chi connectivity index (χ2v) is 11.5. The Kier molecular flexibility index (Phi) is 6.12. The first-order valence-corrected chi connectivity index (χ1v) is 12.9. The highest BCUT2D eigenvalue weighted by Gasteiger charge is 2.31. The Labute approximate surface area is 203 Å². The van der Waals surface area contributed by atoms with Gasteiger partial charge in [0.25, 0.3) is 0 Å². The molecule has 0 unspecified atom stereocenters. The van der Waals surface area contributed by atoms with E-state index in [1.165, 1.54) is 28.4 Å². The van der Waals surface area contributed by atoms with Crippen LogP contribution < -0.4 is 5.32 Å². The van der Waals surface area contributed by atoms with Gasteiger partial charge in [-0.15, -0.1) is 0 Å². The number of benzene rings is 2. The minimum Gasteiger partial charge on any atom is -0.383 e. The highest BCUT2D eigenvalue weighted by molar-refractivity contribution is 9.10. The predicted octanol–water partition coefficient (Wildman–Crippen LogP) is 6.17. The zero-order chi connectivity index (χ0) is 22.5. The Morgan fingerprint density at radius 2 is 1.84 bits per heavy atom. The first-order chi connectivity index (χ1) is 15.3. The van der Waals surface area contributed by atoms with Crippen molar-refractivity contribution in [2.45, 2.75) is 70.1 Å². The fourth-order valence-corrected chi connectivity index (χ4v) is 6.14. The van der Waals surface area contributed by atoms with Gasteiger partial charge < -0.3 is 15.0 Å². The fraction of sp³-hybridized carbons (Fsp3) is 0.500. The van der Waals surface area contributed by atoms with Crippen LogP contribution in [0.1, 0.15) is 62.5 Å². The standard InChI is InChI=1S/C26H31BrClN3O/c1-26(2,32)25-30-23-14-20(28)5-10-24(23)31(25)22-8-6-21(7-9-22)29-15-16-11-17-3-4-19(27)13-18(17)12-16/h3-5,10,13-14,16,21-22,29,32H,6-9,11-12,15H2,1-2H3/t16-,21?,22?/m0/s1. The highest BCUT2D eigenvalue weighted by atomic mass is 79.9. The number of aliphatic hydroxyl groups is 1. The first kappa shape index (κ1) is 22.4. The van der Waals surface area contributed by atoms with Crippen molar-refractivity contribution in [1.82, 2.24) is 14.9 Å². The quantitative estimate of drug-likeness (QED) is 0.426. The number of hydrogen-bond acceptors (Lipinski definition) is 3. The fourth-order valence-electron chi connectivity index (χ4n) is 5.57. The number of halogens is 2. The maximum Gasteiger partial charge on any atom is 0.141 e. The lowest BCUT2D eigenvalue weighted by molar-refractivity contribution is 0.0620. The van der Waals surface area contributed by atoms with Gasteiger partial charge in [-0.25, -0.2) is 4.98 Å². The van der Waals surface area contributed by atoms with Crippen molar-refractivity contribution in [2.24, 2.45) is 5.92 Å². The maximum atomic E-state index is 10.8. The number of nitrogens with one attached hydrogen (secondary N) is 1. The molecule has 0 spiro atoms. The Balaban J connectivity index is 1.23. The summed E-state index contributed by atoms with van der Waals surface area (Å²) in [5, 5.41) is 15.3. The van der Waals surface area contributed by atoms with E-state index in [-0.39, 0.29) is 0 Å². The molecule has 2 aromatic carbocycles. The van der Waals surface area contributed by atoms with Gasteiger partial charge in [0.05, 0.1) is 11.0 Å². The molecule has 0 bridgehead atoms. The van der Waals surface area contributed by atoms with Gasteiger partial charge in [-0.1, -0.05) is 33.6 Å². The molecule has 1 fully saturated rings. The summed E-state index contributed by atoms with van der Waals surface area (Å²) >= 11 is 9.80. The lowest BCUT2D eigenvalue weighted by Crippen LogP contribution is -2.37. The molecule has 32 heavy (non-hydrogen) atoms. The number of imidazole rings is 1. The molecule has 2 N–H and O–H groups in total. The summed E-state index contributed by atoms with van der Waals surface area (Å²) in [4.78, 5) is 4.76. The van der Waals surface area contributed by atoms with E-state index in [2.05, 4.69) is 44.0 Å². The third-order valence-electron chi connectivity index (χ3n) is 7.14. The summed E-state index contributed by atoms with van der Waals surface area (Å²) in [6.45, 7) is 4.72. The molecule has 1 atom stereocenters. The average Bonchev–Trinajstić information content (AvgIpc) is 3.33. The van der Waals surface area contributed by atoms with Crippen LogP contribution in [0.3, 0.4) is 0 Å². The second kappa shape index (κ2) is 8.75. The van der Waals surface area contributed by atoms with Gasteiger partial charge in [0.2, 0.25) is 0 Å². The van der Waals surface area contributed by atoms with Gasteiger partial charge in [0.1, 0.15) is 11.4 Å². The van der Waals surface area contributed by atoms with E-state index in [4.69, 9.17) is 16.6 Å². The largest absolute Gasteiger partial charge is 0.383 e. The number of fused-ring (bicyclic) bond motifs is 2. The van der Waals surface area contributed by atoms with Crippen molar-refractivity contribution in [3.8, 4) is 0 Å². The summed E-state index contributed by atoms with van der Waals surface area (Å²) in [6.07, 6.45) is 6.83. The summed E-state index contributed by atoms with van der Waals surface area (Å²) in [7, 11) is 0. The van der Waals surface area contributed by atoms with Crippen LogP contribution in [-0.2, 0) is 18.4 Å². The normalized spacial score (nSPS) is 23.6. The van der Waals surface area contributed by atoms with Crippen molar-refractivity contribution in [3.63, 3.8) is 0 Å². The monoisotopic (exact) mass is 515 g/mol. The van der Waals surface area contributed by atoms with Gasteiger partial charge in [-0.2, -0.15) is 0 Å². The van der Waals surface area contributed by atoms with Crippen molar-refractivity contribution in [2.75, 3.05) is 6.54 Å². The molecule has 1 saturated carbocycles. The van der Waals surface area contributed by atoms with Crippen molar-refractivity contribution < 1.29 is 5.11 Å². The van der Waals surface area contributed by atoms with Gasteiger partial charge in [-0.05, 0) is 106 Å². The molecule has 0 amide bonds. The predicted molar refractivity (Wildman–Crippen MR) is 134 cm³/mol. The van der Waals surface area contributed by atoms with Crippen LogP contribution in [-0.4, -0.2) is 27.2 Å². The number of hydrogen-bond donors (Lipinski definition) is 2. The molecule has 170 valence electrons. The molecule has 0 saturated heterocycles. The average molecular weight is 517 g/mol. The van der Waals surface area contributed by atoms with Crippen LogP contribution >= 0.6 is 27.5 Å². The Morgan fingerprint density at radius 3 is 2.59 bits per heavy atom. The zero-order valence-electron chi connectivity index (χ0n) is 18.7. The third kappa shape index (κ3) is 4.50. The SMILES string of the molecule is CC(C)(O)c1nc2cc(Cl)ccc2n1C1CCC(NC[C@H]2Cc3ccc(Br)cc3C2)CC1. The van der Waals surface area contributed by atoms with Crippen LogP contribution in [0.15, 0.2) is 40.9 Å². The molecule has 6 heteroatoms. The van der Waals surface area contributed by atoms with E-state index in [1.54, 1.807) is 0 Å². The summed E-state index contributed by atoms with van der Waals surface area (Å²) in [6, 6.07) is 13.5. The first-order valence-electron chi connectivity index (χ1n) is 11.7. The number of nitrogens with zero attached hydrogens (tertiary/aromatic N) is 2.